The van der Waals surface area contributed by atoms with Crippen LogP contribution in [0.3, 0.4) is 0 Å². The average Bonchev–Trinajstić information content (AvgIpc) is 2.12. The lowest BCUT2D eigenvalue weighted by molar-refractivity contribution is -0.106. The number of hydrogen-bond donors (Lipinski definition) is 1. The van der Waals surface area contributed by atoms with E-state index in [1.165, 1.54) is 38.5 Å². The second-order valence-electron chi connectivity index (χ2n) is 5.08. The van der Waals surface area contributed by atoms with Crippen molar-refractivity contribution >= 4 is 0 Å². The Hall–Kier alpha value is -0.0800. The lowest BCUT2D eigenvalue weighted by Gasteiger charge is -2.46. The fourth-order valence-electron chi connectivity index (χ4n) is 3.01. The van der Waals surface area contributed by atoms with Gasteiger partial charge in [0.2, 0.25) is 0 Å². The minimum atomic E-state index is 0.109. The van der Waals surface area contributed by atoms with E-state index in [9.17, 15) is 0 Å². The Balaban J connectivity index is 2.00. The van der Waals surface area contributed by atoms with Gasteiger partial charge in [-0.25, -0.2) is 0 Å². The molecule has 2 atom stereocenters. The third kappa shape index (κ3) is 1.82. The van der Waals surface area contributed by atoms with E-state index in [2.05, 4.69) is 19.3 Å². The number of likely N-dealkylation sites (N-methyl/N-ethyl adjacent to an activating group) is 1. The van der Waals surface area contributed by atoms with Crippen LogP contribution in [0.15, 0.2) is 0 Å². The Morgan fingerprint density at radius 3 is 2.50 bits per heavy atom. The zero-order valence-electron chi connectivity index (χ0n) is 9.51. The highest BCUT2D eigenvalue weighted by Gasteiger charge is 2.42. The maximum atomic E-state index is 6.01. The Kier molecular flexibility index (Phi) is 3.13. The molecular formula is C12H23NO. The second-order valence-corrected chi connectivity index (χ2v) is 5.08. The SMILES string of the molecule is CNC(C1CCC1)C1(C)CCCCO1. The molecule has 0 amide bonds. The van der Waals surface area contributed by atoms with Gasteiger partial charge in [-0.05, 0) is 52.0 Å². The van der Waals surface area contributed by atoms with Crippen molar-refractivity contribution < 1.29 is 4.74 Å². The summed E-state index contributed by atoms with van der Waals surface area (Å²) in [5.74, 6) is 0.864. The molecule has 0 aromatic carbocycles. The van der Waals surface area contributed by atoms with E-state index in [0.29, 0.717) is 6.04 Å². The minimum Gasteiger partial charge on any atom is -0.374 e. The van der Waals surface area contributed by atoms with Crippen LogP contribution in [0.4, 0.5) is 0 Å². The van der Waals surface area contributed by atoms with Gasteiger partial charge in [-0.1, -0.05) is 6.42 Å². The summed E-state index contributed by atoms with van der Waals surface area (Å²) in [6.07, 6.45) is 8.01. The van der Waals surface area contributed by atoms with Crippen molar-refractivity contribution in [3.05, 3.63) is 0 Å². The normalized spacial score (nSPS) is 36.4. The fraction of sp³-hybridized carbons (Fsp3) is 1.00. The summed E-state index contributed by atoms with van der Waals surface area (Å²) in [6, 6.07) is 0.580. The standard InChI is InChI=1S/C12H23NO/c1-12(8-3-4-9-14-12)11(13-2)10-6-5-7-10/h10-11,13H,3-9H2,1-2H3. The van der Waals surface area contributed by atoms with Crippen LogP contribution in [0.1, 0.15) is 45.4 Å². The Morgan fingerprint density at radius 2 is 2.07 bits per heavy atom. The zero-order chi connectivity index (χ0) is 10.0. The Morgan fingerprint density at radius 1 is 1.29 bits per heavy atom. The van der Waals surface area contributed by atoms with Crippen LogP contribution < -0.4 is 5.32 Å². The maximum Gasteiger partial charge on any atom is 0.0809 e. The van der Waals surface area contributed by atoms with Gasteiger partial charge in [0, 0.05) is 12.6 Å². The summed E-state index contributed by atoms with van der Waals surface area (Å²) in [5.41, 5.74) is 0.109. The molecule has 0 radical (unpaired) electrons. The van der Waals surface area contributed by atoms with Gasteiger partial charge in [0.25, 0.3) is 0 Å². The van der Waals surface area contributed by atoms with Gasteiger partial charge in [0.1, 0.15) is 0 Å². The topological polar surface area (TPSA) is 21.3 Å². The van der Waals surface area contributed by atoms with Gasteiger partial charge in [-0.15, -0.1) is 0 Å². The van der Waals surface area contributed by atoms with Crippen LogP contribution in [0, 0.1) is 5.92 Å². The van der Waals surface area contributed by atoms with Gasteiger partial charge in [0.15, 0.2) is 0 Å². The first-order valence-corrected chi connectivity index (χ1v) is 6.07. The molecule has 1 saturated heterocycles. The zero-order valence-corrected chi connectivity index (χ0v) is 9.51. The highest BCUT2D eigenvalue weighted by atomic mass is 16.5. The predicted molar refractivity (Wildman–Crippen MR) is 58.4 cm³/mol. The molecule has 2 rings (SSSR count). The van der Waals surface area contributed by atoms with Crippen LogP contribution in [0.25, 0.3) is 0 Å². The molecule has 1 aliphatic carbocycles. The Labute approximate surface area is 87.4 Å². The number of nitrogens with one attached hydrogen (secondary N) is 1. The quantitative estimate of drug-likeness (QED) is 0.750. The summed E-state index contributed by atoms with van der Waals surface area (Å²) in [5, 5.41) is 3.49. The third-order valence-corrected chi connectivity index (χ3v) is 4.09. The van der Waals surface area contributed by atoms with Gasteiger partial charge in [-0.2, -0.15) is 0 Å². The average molecular weight is 197 g/mol. The molecular weight excluding hydrogens is 174 g/mol. The van der Waals surface area contributed by atoms with Crippen molar-refractivity contribution in [3.63, 3.8) is 0 Å². The van der Waals surface area contributed by atoms with Crippen molar-refractivity contribution in [2.45, 2.75) is 57.1 Å². The molecule has 2 heteroatoms. The summed E-state index contributed by atoms with van der Waals surface area (Å²) in [4.78, 5) is 0. The number of rotatable bonds is 3. The van der Waals surface area contributed by atoms with Crippen LogP contribution in [-0.2, 0) is 4.74 Å². The molecule has 2 aliphatic rings. The first-order chi connectivity index (χ1) is 6.76. The Bertz CT molecular complexity index is 183. The molecule has 82 valence electrons. The highest BCUT2D eigenvalue weighted by molar-refractivity contribution is 4.97. The largest absolute Gasteiger partial charge is 0.374 e. The molecule has 1 saturated carbocycles. The number of ether oxygens (including phenoxy) is 1. The van der Waals surface area contributed by atoms with Crippen LogP contribution in [0.2, 0.25) is 0 Å². The van der Waals surface area contributed by atoms with Crippen molar-refractivity contribution in [2.75, 3.05) is 13.7 Å². The van der Waals surface area contributed by atoms with Crippen molar-refractivity contribution in [3.8, 4) is 0 Å². The van der Waals surface area contributed by atoms with Gasteiger partial charge in [-0.3, -0.25) is 0 Å². The molecule has 0 spiro atoms. The van der Waals surface area contributed by atoms with E-state index >= 15 is 0 Å². The molecule has 0 aromatic rings. The third-order valence-electron chi connectivity index (χ3n) is 4.09. The summed E-state index contributed by atoms with van der Waals surface area (Å²) >= 11 is 0. The smallest absolute Gasteiger partial charge is 0.0809 e. The lowest BCUT2D eigenvalue weighted by atomic mass is 9.71. The molecule has 2 unspecified atom stereocenters. The van der Waals surface area contributed by atoms with Gasteiger partial charge < -0.3 is 10.1 Å². The summed E-state index contributed by atoms with van der Waals surface area (Å²) < 4.78 is 6.01. The van der Waals surface area contributed by atoms with Crippen molar-refractivity contribution in [1.29, 1.82) is 0 Å². The van der Waals surface area contributed by atoms with E-state index in [0.717, 1.165) is 12.5 Å². The lowest BCUT2D eigenvalue weighted by Crippen LogP contribution is -2.56. The molecule has 1 heterocycles. The first kappa shape index (κ1) is 10.4. The van der Waals surface area contributed by atoms with Gasteiger partial charge in [0.05, 0.1) is 5.60 Å². The predicted octanol–water partition coefficient (Wildman–Crippen LogP) is 2.33. The first-order valence-electron chi connectivity index (χ1n) is 6.07. The van der Waals surface area contributed by atoms with Crippen LogP contribution >= 0.6 is 0 Å². The monoisotopic (exact) mass is 197 g/mol. The fourth-order valence-corrected chi connectivity index (χ4v) is 3.01. The van der Waals surface area contributed by atoms with E-state index in [1.807, 2.05) is 0 Å². The molecule has 2 nitrogen and oxygen atoms in total. The molecule has 1 N–H and O–H groups in total. The van der Waals surface area contributed by atoms with E-state index in [-0.39, 0.29) is 5.60 Å². The van der Waals surface area contributed by atoms with Crippen molar-refractivity contribution in [2.24, 2.45) is 5.92 Å². The maximum absolute atomic E-state index is 6.01. The van der Waals surface area contributed by atoms with Crippen LogP contribution in [0.5, 0.6) is 0 Å². The second kappa shape index (κ2) is 4.19. The molecule has 2 fully saturated rings. The van der Waals surface area contributed by atoms with Crippen molar-refractivity contribution in [1.82, 2.24) is 5.32 Å². The summed E-state index contributed by atoms with van der Waals surface area (Å²) in [7, 11) is 2.09. The highest BCUT2D eigenvalue weighted by Crippen LogP contribution is 2.39. The minimum absolute atomic E-state index is 0.109. The van der Waals surface area contributed by atoms with E-state index < -0.39 is 0 Å². The molecule has 1 aliphatic heterocycles. The van der Waals surface area contributed by atoms with Gasteiger partial charge >= 0.3 is 0 Å². The van der Waals surface area contributed by atoms with E-state index in [4.69, 9.17) is 4.74 Å². The summed E-state index contributed by atoms with van der Waals surface area (Å²) in [6.45, 7) is 3.26. The molecule has 0 aromatic heterocycles. The van der Waals surface area contributed by atoms with E-state index in [1.54, 1.807) is 0 Å². The molecule has 0 bridgehead atoms. The van der Waals surface area contributed by atoms with Crippen LogP contribution in [-0.4, -0.2) is 25.3 Å². The number of hydrogen-bond acceptors (Lipinski definition) is 2. The molecule has 14 heavy (non-hydrogen) atoms.